The molecule has 1 heteroatoms. The van der Waals surface area contributed by atoms with Crippen molar-refractivity contribution in [1.82, 2.24) is 0 Å². The zero-order valence-corrected chi connectivity index (χ0v) is 7.92. The lowest BCUT2D eigenvalue weighted by molar-refractivity contribution is -0.0274. The number of hydrogen-bond acceptors (Lipinski definition) is 1. The van der Waals surface area contributed by atoms with Crippen molar-refractivity contribution in [1.29, 1.82) is 0 Å². The molecular weight excluding hydrogens is 160 g/mol. The van der Waals surface area contributed by atoms with Gasteiger partial charge in [-0.05, 0) is 48.3 Å². The van der Waals surface area contributed by atoms with Crippen LogP contribution in [0, 0.1) is 5.92 Å². The van der Waals surface area contributed by atoms with E-state index in [0.29, 0.717) is 5.41 Å². The Balaban J connectivity index is 1.89. The first-order chi connectivity index (χ1) is 6.32. The molecule has 3 saturated carbocycles. The second-order valence-electron chi connectivity index (χ2n) is 4.49. The molecule has 68 valence electrons. The van der Waals surface area contributed by atoms with Gasteiger partial charge in [-0.15, -0.1) is 0 Å². The van der Waals surface area contributed by atoms with Crippen LogP contribution in [0.15, 0.2) is 24.3 Å². The molecule has 1 aromatic rings. The van der Waals surface area contributed by atoms with E-state index in [1.165, 1.54) is 24.8 Å². The molecule has 0 N–H and O–H groups in total. The van der Waals surface area contributed by atoms with Crippen LogP contribution in [0.1, 0.15) is 24.8 Å². The van der Waals surface area contributed by atoms with Crippen LogP contribution in [0.4, 0.5) is 0 Å². The molecule has 0 spiro atoms. The van der Waals surface area contributed by atoms with Crippen LogP contribution < -0.4 is 4.74 Å². The summed E-state index contributed by atoms with van der Waals surface area (Å²) in [6.45, 7) is 0. The van der Waals surface area contributed by atoms with E-state index in [0.717, 1.165) is 11.7 Å². The zero-order valence-electron chi connectivity index (χ0n) is 7.92. The number of rotatable bonds is 2. The number of hydrogen-bond donors (Lipinski definition) is 0. The molecule has 0 aromatic heterocycles. The number of ether oxygens (including phenoxy) is 1. The molecule has 3 aliphatic rings. The highest BCUT2D eigenvalue weighted by molar-refractivity contribution is 5.38. The van der Waals surface area contributed by atoms with Gasteiger partial charge < -0.3 is 4.74 Å². The van der Waals surface area contributed by atoms with Crippen LogP contribution in [0.5, 0.6) is 5.75 Å². The van der Waals surface area contributed by atoms with Gasteiger partial charge in [-0.2, -0.15) is 0 Å². The highest BCUT2D eigenvalue weighted by Crippen LogP contribution is 2.65. The van der Waals surface area contributed by atoms with Gasteiger partial charge in [-0.1, -0.05) is 12.1 Å². The molecule has 0 atom stereocenters. The van der Waals surface area contributed by atoms with E-state index in [1.54, 1.807) is 7.11 Å². The first-order valence-corrected chi connectivity index (χ1v) is 4.97. The second kappa shape index (κ2) is 2.28. The second-order valence-corrected chi connectivity index (χ2v) is 4.49. The van der Waals surface area contributed by atoms with E-state index in [9.17, 15) is 0 Å². The summed E-state index contributed by atoms with van der Waals surface area (Å²) in [6, 6.07) is 8.62. The summed E-state index contributed by atoms with van der Waals surface area (Å²) in [5.41, 5.74) is 2.12. The van der Waals surface area contributed by atoms with Crippen LogP contribution in [0.25, 0.3) is 0 Å². The monoisotopic (exact) mass is 174 g/mol. The SMILES string of the molecule is COc1ccc(C23CC(C2)C3)cc1. The Morgan fingerprint density at radius 2 is 1.77 bits per heavy atom. The molecule has 0 amide bonds. The highest BCUT2D eigenvalue weighted by atomic mass is 16.5. The smallest absolute Gasteiger partial charge is 0.118 e. The summed E-state index contributed by atoms with van der Waals surface area (Å²) in [6.07, 6.45) is 4.29. The van der Waals surface area contributed by atoms with Gasteiger partial charge in [0, 0.05) is 0 Å². The standard InChI is InChI=1S/C12H14O/c1-13-11-4-2-10(3-5-11)12-6-9(7-12)8-12/h2-5,9H,6-8H2,1H3. The molecule has 3 aliphatic carbocycles. The fourth-order valence-electron chi connectivity index (χ4n) is 2.78. The molecule has 1 nitrogen and oxygen atoms in total. The Bertz CT molecular complexity index is 308. The molecule has 0 unspecified atom stereocenters. The quantitative estimate of drug-likeness (QED) is 0.670. The van der Waals surface area contributed by atoms with Crippen molar-refractivity contribution in [2.75, 3.05) is 7.11 Å². The van der Waals surface area contributed by atoms with Crippen molar-refractivity contribution in [2.24, 2.45) is 5.92 Å². The van der Waals surface area contributed by atoms with Gasteiger partial charge in [0.2, 0.25) is 0 Å². The fourth-order valence-corrected chi connectivity index (χ4v) is 2.78. The minimum absolute atomic E-state index is 0.594. The highest BCUT2D eigenvalue weighted by Gasteiger charge is 2.57. The largest absolute Gasteiger partial charge is 0.497 e. The molecule has 13 heavy (non-hydrogen) atoms. The van der Waals surface area contributed by atoms with Crippen molar-refractivity contribution < 1.29 is 4.74 Å². The summed E-state index contributed by atoms with van der Waals surface area (Å²) in [7, 11) is 1.72. The van der Waals surface area contributed by atoms with Crippen molar-refractivity contribution in [3.8, 4) is 5.75 Å². The Hall–Kier alpha value is -0.980. The maximum Gasteiger partial charge on any atom is 0.118 e. The van der Waals surface area contributed by atoms with Crippen molar-refractivity contribution in [2.45, 2.75) is 24.7 Å². The van der Waals surface area contributed by atoms with Crippen molar-refractivity contribution in [3.63, 3.8) is 0 Å². The normalized spacial score (nSPS) is 34.7. The molecule has 0 aliphatic heterocycles. The van der Waals surface area contributed by atoms with Crippen LogP contribution in [-0.2, 0) is 5.41 Å². The van der Waals surface area contributed by atoms with Crippen molar-refractivity contribution in [3.05, 3.63) is 29.8 Å². The summed E-state index contributed by atoms with van der Waals surface area (Å²) in [5, 5.41) is 0. The summed E-state index contributed by atoms with van der Waals surface area (Å²) >= 11 is 0. The first-order valence-electron chi connectivity index (χ1n) is 4.97. The third-order valence-electron chi connectivity index (χ3n) is 3.74. The molecule has 3 fully saturated rings. The van der Waals surface area contributed by atoms with E-state index in [1.807, 2.05) is 0 Å². The van der Waals surface area contributed by atoms with Gasteiger partial charge in [0.25, 0.3) is 0 Å². The molecule has 0 radical (unpaired) electrons. The van der Waals surface area contributed by atoms with E-state index in [2.05, 4.69) is 24.3 Å². The van der Waals surface area contributed by atoms with Gasteiger partial charge in [0.15, 0.2) is 0 Å². The predicted octanol–water partition coefficient (Wildman–Crippen LogP) is 2.75. The average molecular weight is 174 g/mol. The molecular formula is C12H14O. The Kier molecular flexibility index (Phi) is 1.30. The van der Waals surface area contributed by atoms with Gasteiger partial charge in [-0.3, -0.25) is 0 Å². The maximum absolute atomic E-state index is 5.15. The van der Waals surface area contributed by atoms with Crippen LogP contribution in [-0.4, -0.2) is 7.11 Å². The third-order valence-corrected chi connectivity index (χ3v) is 3.74. The number of methoxy groups -OCH3 is 1. The average Bonchev–Trinajstić information content (AvgIpc) is 2.00. The lowest BCUT2D eigenvalue weighted by atomic mass is 9.42. The summed E-state index contributed by atoms with van der Waals surface area (Å²) < 4.78 is 5.15. The van der Waals surface area contributed by atoms with Crippen LogP contribution >= 0.6 is 0 Å². The topological polar surface area (TPSA) is 9.23 Å². The molecule has 0 heterocycles. The molecule has 2 bridgehead atoms. The molecule has 0 saturated heterocycles. The van der Waals surface area contributed by atoms with Crippen molar-refractivity contribution >= 4 is 0 Å². The Morgan fingerprint density at radius 3 is 2.15 bits per heavy atom. The van der Waals surface area contributed by atoms with E-state index < -0.39 is 0 Å². The lowest BCUT2D eigenvalue weighted by Crippen LogP contribution is -2.55. The van der Waals surface area contributed by atoms with Crippen LogP contribution in [0.2, 0.25) is 0 Å². The first kappa shape index (κ1) is 7.43. The minimum Gasteiger partial charge on any atom is -0.497 e. The third kappa shape index (κ3) is 0.874. The zero-order chi connectivity index (χ0) is 8.89. The van der Waals surface area contributed by atoms with E-state index in [-0.39, 0.29) is 0 Å². The maximum atomic E-state index is 5.15. The Labute approximate surface area is 78.7 Å². The van der Waals surface area contributed by atoms with Gasteiger partial charge in [-0.25, -0.2) is 0 Å². The molecule has 1 aromatic carbocycles. The van der Waals surface area contributed by atoms with E-state index >= 15 is 0 Å². The minimum atomic E-state index is 0.594. The summed E-state index contributed by atoms with van der Waals surface area (Å²) in [5.74, 6) is 2.03. The lowest BCUT2D eigenvalue weighted by Gasteiger charge is -2.62. The predicted molar refractivity (Wildman–Crippen MR) is 52.0 cm³/mol. The van der Waals surface area contributed by atoms with Gasteiger partial charge in [0.05, 0.1) is 7.11 Å². The van der Waals surface area contributed by atoms with Gasteiger partial charge in [0.1, 0.15) is 5.75 Å². The van der Waals surface area contributed by atoms with Crippen LogP contribution in [0.3, 0.4) is 0 Å². The number of benzene rings is 1. The fraction of sp³-hybridized carbons (Fsp3) is 0.500. The van der Waals surface area contributed by atoms with E-state index in [4.69, 9.17) is 4.74 Å². The van der Waals surface area contributed by atoms with Gasteiger partial charge >= 0.3 is 0 Å². The Morgan fingerprint density at radius 1 is 1.15 bits per heavy atom. The summed E-state index contributed by atoms with van der Waals surface area (Å²) in [4.78, 5) is 0. The molecule has 4 rings (SSSR count).